The first-order chi connectivity index (χ1) is 18.9. The van der Waals surface area contributed by atoms with E-state index in [9.17, 15) is 0 Å². The molecule has 0 aliphatic heterocycles. The second kappa shape index (κ2) is 14.5. The summed E-state index contributed by atoms with van der Waals surface area (Å²) < 4.78 is 0. The fraction of sp³-hybridized carbons (Fsp3) is 0.500. The summed E-state index contributed by atoms with van der Waals surface area (Å²) in [6.07, 6.45) is 22.5. The summed E-state index contributed by atoms with van der Waals surface area (Å²) in [6, 6.07) is 34.1. The molecular weight excluding hydrogens is 460 g/mol. The smallest absolute Gasteiger partial charge is 0.0461 e. The van der Waals surface area contributed by atoms with Crippen molar-refractivity contribution < 1.29 is 0 Å². The lowest BCUT2D eigenvalue weighted by Gasteiger charge is -2.47. The molecule has 0 bridgehead atoms. The molecule has 3 aliphatic rings. The highest BCUT2D eigenvalue weighted by molar-refractivity contribution is 5.76. The number of anilines is 3. The molecule has 3 aromatic carbocycles. The summed E-state index contributed by atoms with van der Waals surface area (Å²) >= 11 is 0. The van der Waals surface area contributed by atoms with E-state index in [4.69, 9.17) is 0 Å². The van der Waals surface area contributed by atoms with Crippen LogP contribution < -0.4 is 4.90 Å². The van der Waals surface area contributed by atoms with Gasteiger partial charge >= 0.3 is 0 Å². The Bertz CT molecular complexity index is 880. The predicted octanol–water partition coefficient (Wildman–Crippen LogP) is 10.4. The van der Waals surface area contributed by atoms with Crippen molar-refractivity contribution in [3.8, 4) is 0 Å². The Kier molecular flexibility index (Phi) is 10.3. The molecule has 0 saturated heterocycles. The fourth-order valence-corrected chi connectivity index (χ4v) is 7.21. The standard InChI is InChI=1S/C18H33N.C18H15N/c2*1-4-10-16(11-5-1)19(17-12-6-2-7-13-17)18-14-8-3-9-15-18/h16-18H,1-15H2;1-15H. The van der Waals surface area contributed by atoms with Crippen LogP contribution in [0.3, 0.4) is 0 Å². The van der Waals surface area contributed by atoms with E-state index in [1.165, 1.54) is 113 Å². The quantitative estimate of drug-likeness (QED) is 0.327. The first-order valence-electron chi connectivity index (χ1n) is 15.6. The van der Waals surface area contributed by atoms with E-state index < -0.39 is 0 Å². The van der Waals surface area contributed by atoms with Crippen molar-refractivity contribution in [2.45, 2.75) is 114 Å². The molecule has 0 radical (unpaired) electrons. The van der Waals surface area contributed by atoms with E-state index in [1.807, 2.05) is 18.2 Å². The molecule has 0 heterocycles. The Morgan fingerprint density at radius 1 is 0.342 bits per heavy atom. The number of benzene rings is 3. The SMILES string of the molecule is C1CCC(N(C2CCCCC2)C2CCCCC2)CC1.c1ccc(N(c2ccccc2)c2ccccc2)cc1. The zero-order valence-electron chi connectivity index (χ0n) is 23.4. The monoisotopic (exact) mass is 508 g/mol. The Morgan fingerprint density at radius 3 is 0.868 bits per heavy atom. The van der Waals surface area contributed by atoms with Gasteiger partial charge in [0.2, 0.25) is 0 Å². The molecular formula is C36H48N2. The van der Waals surface area contributed by atoms with Gasteiger partial charge in [-0.1, -0.05) is 112 Å². The van der Waals surface area contributed by atoms with E-state index >= 15 is 0 Å². The maximum absolute atomic E-state index is 3.08. The van der Waals surface area contributed by atoms with Gasteiger partial charge in [0.15, 0.2) is 0 Å². The Balaban J connectivity index is 0.000000155. The van der Waals surface area contributed by atoms with Crippen LogP contribution in [0.5, 0.6) is 0 Å². The summed E-state index contributed by atoms with van der Waals surface area (Å²) in [5, 5.41) is 0. The highest BCUT2D eigenvalue weighted by atomic mass is 15.2. The number of hydrogen-bond acceptors (Lipinski definition) is 2. The maximum atomic E-state index is 3.08. The van der Waals surface area contributed by atoms with Crippen LogP contribution >= 0.6 is 0 Å². The summed E-state index contributed by atoms with van der Waals surface area (Å²) in [6.45, 7) is 0. The molecule has 0 unspecified atom stereocenters. The summed E-state index contributed by atoms with van der Waals surface area (Å²) in [4.78, 5) is 5.33. The van der Waals surface area contributed by atoms with E-state index in [0.717, 1.165) is 18.1 Å². The topological polar surface area (TPSA) is 6.48 Å². The van der Waals surface area contributed by atoms with Gasteiger partial charge in [0.05, 0.1) is 0 Å². The highest BCUT2D eigenvalue weighted by Crippen LogP contribution is 2.36. The van der Waals surface area contributed by atoms with Crippen molar-refractivity contribution >= 4 is 17.1 Å². The van der Waals surface area contributed by atoms with Gasteiger partial charge in [-0.15, -0.1) is 0 Å². The molecule has 38 heavy (non-hydrogen) atoms. The molecule has 0 atom stereocenters. The van der Waals surface area contributed by atoms with Crippen LogP contribution in [0.4, 0.5) is 17.1 Å². The van der Waals surface area contributed by atoms with Crippen LogP contribution in [0.25, 0.3) is 0 Å². The summed E-state index contributed by atoms with van der Waals surface area (Å²) in [7, 11) is 0. The van der Waals surface area contributed by atoms with Gasteiger partial charge < -0.3 is 4.90 Å². The molecule has 3 aliphatic carbocycles. The molecule has 2 nitrogen and oxygen atoms in total. The molecule has 0 amide bonds. The lowest BCUT2D eigenvalue weighted by atomic mass is 9.84. The molecule has 3 saturated carbocycles. The first-order valence-corrected chi connectivity index (χ1v) is 15.6. The third-order valence-corrected chi connectivity index (χ3v) is 9.03. The molecule has 3 aromatic rings. The van der Waals surface area contributed by atoms with E-state index in [0.29, 0.717) is 0 Å². The van der Waals surface area contributed by atoms with Gasteiger partial charge in [-0.25, -0.2) is 0 Å². The highest BCUT2D eigenvalue weighted by Gasteiger charge is 2.34. The lowest BCUT2D eigenvalue weighted by Crippen LogP contribution is -2.51. The molecule has 0 N–H and O–H groups in total. The number of nitrogens with zero attached hydrogens (tertiary/aromatic N) is 2. The van der Waals surface area contributed by atoms with Crippen LogP contribution in [0.2, 0.25) is 0 Å². The summed E-state index contributed by atoms with van der Waals surface area (Å²) in [5.74, 6) is 0. The van der Waals surface area contributed by atoms with E-state index in [1.54, 1.807) is 0 Å². The van der Waals surface area contributed by atoms with Gasteiger partial charge in [0, 0.05) is 35.2 Å². The second-order valence-corrected chi connectivity index (χ2v) is 11.7. The third kappa shape index (κ3) is 7.29. The molecule has 3 fully saturated rings. The van der Waals surface area contributed by atoms with Gasteiger partial charge in [0.1, 0.15) is 0 Å². The lowest BCUT2D eigenvalue weighted by molar-refractivity contribution is 0.0221. The van der Waals surface area contributed by atoms with Gasteiger partial charge in [0.25, 0.3) is 0 Å². The van der Waals surface area contributed by atoms with Crippen LogP contribution in [-0.2, 0) is 0 Å². The van der Waals surface area contributed by atoms with Crippen LogP contribution in [0.1, 0.15) is 96.3 Å². The molecule has 0 aromatic heterocycles. The Labute approximate surface area is 232 Å². The van der Waals surface area contributed by atoms with Gasteiger partial charge in [-0.05, 0) is 74.9 Å². The van der Waals surface area contributed by atoms with Crippen molar-refractivity contribution in [1.29, 1.82) is 0 Å². The minimum atomic E-state index is 0.958. The van der Waals surface area contributed by atoms with Crippen molar-refractivity contribution in [3.05, 3.63) is 91.0 Å². The Morgan fingerprint density at radius 2 is 0.605 bits per heavy atom. The normalized spacial score (nSPS) is 19.5. The van der Waals surface area contributed by atoms with Gasteiger partial charge in [-0.2, -0.15) is 0 Å². The van der Waals surface area contributed by atoms with Crippen LogP contribution in [0.15, 0.2) is 91.0 Å². The molecule has 2 heteroatoms. The maximum Gasteiger partial charge on any atom is 0.0461 e. The first kappa shape index (κ1) is 27.0. The molecule has 202 valence electrons. The zero-order chi connectivity index (χ0) is 25.8. The minimum absolute atomic E-state index is 0.958. The van der Waals surface area contributed by atoms with Gasteiger partial charge in [-0.3, -0.25) is 4.90 Å². The van der Waals surface area contributed by atoms with E-state index in [-0.39, 0.29) is 0 Å². The van der Waals surface area contributed by atoms with E-state index in [2.05, 4.69) is 82.6 Å². The minimum Gasteiger partial charge on any atom is -0.311 e. The largest absolute Gasteiger partial charge is 0.311 e. The number of para-hydroxylation sites is 3. The average molecular weight is 509 g/mol. The average Bonchev–Trinajstić information content (AvgIpc) is 3.01. The van der Waals surface area contributed by atoms with Crippen molar-refractivity contribution in [3.63, 3.8) is 0 Å². The molecule has 0 spiro atoms. The van der Waals surface area contributed by atoms with Crippen molar-refractivity contribution in [2.24, 2.45) is 0 Å². The molecule has 6 rings (SSSR count). The van der Waals surface area contributed by atoms with Crippen LogP contribution in [-0.4, -0.2) is 23.0 Å². The predicted molar refractivity (Wildman–Crippen MR) is 164 cm³/mol. The Hall–Kier alpha value is -2.58. The van der Waals surface area contributed by atoms with Crippen molar-refractivity contribution in [1.82, 2.24) is 4.90 Å². The zero-order valence-corrected chi connectivity index (χ0v) is 23.4. The summed E-state index contributed by atoms with van der Waals surface area (Å²) in [5.41, 5.74) is 3.50. The van der Waals surface area contributed by atoms with Crippen LogP contribution in [0, 0.1) is 0 Å². The third-order valence-electron chi connectivity index (χ3n) is 9.03. The second-order valence-electron chi connectivity index (χ2n) is 11.7. The number of hydrogen-bond donors (Lipinski definition) is 0. The fourth-order valence-electron chi connectivity index (χ4n) is 7.21. The number of rotatable bonds is 6. The van der Waals surface area contributed by atoms with Crippen molar-refractivity contribution in [2.75, 3.05) is 4.90 Å².